The lowest BCUT2D eigenvalue weighted by Crippen LogP contribution is -2.43. The molecule has 0 unspecified atom stereocenters. The van der Waals surface area contributed by atoms with Crippen LogP contribution in [0.5, 0.6) is 11.5 Å². The van der Waals surface area contributed by atoms with Gasteiger partial charge in [0.2, 0.25) is 5.91 Å². The third-order valence-corrected chi connectivity index (χ3v) is 4.68. The number of likely N-dealkylation sites (tertiary alicyclic amines) is 1. The van der Waals surface area contributed by atoms with Crippen LogP contribution in [-0.4, -0.2) is 40.6 Å². The highest BCUT2D eigenvalue weighted by Gasteiger charge is 2.30. The van der Waals surface area contributed by atoms with E-state index in [1.54, 1.807) is 11.0 Å². The van der Waals surface area contributed by atoms with E-state index < -0.39 is 11.4 Å². The Bertz CT molecular complexity index is 953. The van der Waals surface area contributed by atoms with Gasteiger partial charge in [-0.25, -0.2) is 14.2 Å². The van der Waals surface area contributed by atoms with Gasteiger partial charge in [-0.05, 0) is 51.8 Å². The van der Waals surface area contributed by atoms with Crippen molar-refractivity contribution >= 4 is 23.5 Å². The molecule has 1 aliphatic rings. The standard InChI is InChI=1S/C22H27FN4O4/c1-22(2,3)31-21(29)27-10-7-14(8-11-27)20(28)26-19-13-16(6-9-25-19)30-18-5-4-15(24)12-17(18)23/h4-6,9,12-14H,7-8,10-11,24H2,1-3H3,(H,25,26,28). The predicted octanol–water partition coefficient (Wildman–Crippen LogP) is 4.18. The van der Waals surface area contributed by atoms with E-state index >= 15 is 0 Å². The number of nitrogens with two attached hydrogens (primary N) is 1. The van der Waals surface area contributed by atoms with Gasteiger partial charge in [0, 0.05) is 43.0 Å². The zero-order valence-electron chi connectivity index (χ0n) is 17.9. The average molecular weight is 430 g/mol. The van der Waals surface area contributed by atoms with Crippen molar-refractivity contribution in [1.82, 2.24) is 9.88 Å². The van der Waals surface area contributed by atoms with E-state index in [1.165, 1.54) is 30.5 Å². The minimum absolute atomic E-state index is 0.0205. The Kier molecular flexibility index (Phi) is 6.62. The number of anilines is 2. The average Bonchev–Trinajstić information content (AvgIpc) is 2.69. The number of hydrogen-bond donors (Lipinski definition) is 2. The second-order valence-electron chi connectivity index (χ2n) is 8.40. The number of nitrogens with zero attached hydrogens (tertiary/aromatic N) is 2. The predicted molar refractivity (Wildman–Crippen MR) is 114 cm³/mol. The summed E-state index contributed by atoms with van der Waals surface area (Å²) in [5.74, 6) is -0.375. The lowest BCUT2D eigenvalue weighted by atomic mass is 9.96. The molecule has 1 fully saturated rings. The number of ether oxygens (including phenoxy) is 2. The van der Waals surface area contributed by atoms with Gasteiger partial charge in [-0.1, -0.05) is 0 Å². The number of amides is 2. The van der Waals surface area contributed by atoms with Gasteiger partial charge in [-0.3, -0.25) is 4.79 Å². The molecule has 0 aliphatic carbocycles. The molecule has 1 aliphatic heterocycles. The molecule has 31 heavy (non-hydrogen) atoms. The number of halogens is 1. The van der Waals surface area contributed by atoms with Crippen molar-refractivity contribution in [3.05, 3.63) is 42.3 Å². The van der Waals surface area contributed by atoms with Crippen molar-refractivity contribution in [2.24, 2.45) is 5.92 Å². The number of aromatic nitrogens is 1. The highest BCUT2D eigenvalue weighted by atomic mass is 19.1. The minimum atomic E-state index is -0.584. The Labute approximate surface area is 180 Å². The summed E-state index contributed by atoms with van der Waals surface area (Å²) in [7, 11) is 0. The molecule has 2 heterocycles. The van der Waals surface area contributed by atoms with Crippen molar-refractivity contribution in [3.63, 3.8) is 0 Å². The molecule has 0 spiro atoms. The number of nitrogens with one attached hydrogen (secondary N) is 1. The molecule has 1 saturated heterocycles. The lowest BCUT2D eigenvalue weighted by Gasteiger charge is -2.32. The van der Waals surface area contributed by atoms with Gasteiger partial charge in [0.1, 0.15) is 17.2 Å². The van der Waals surface area contributed by atoms with E-state index in [0.717, 1.165) is 0 Å². The molecule has 166 valence electrons. The SMILES string of the molecule is CC(C)(C)OC(=O)N1CCC(C(=O)Nc2cc(Oc3ccc(N)cc3F)ccn2)CC1. The molecule has 0 radical (unpaired) electrons. The fourth-order valence-electron chi connectivity index (χ4n) is 3.15. The van der Waals surface area contributed by atoms with Crippen molar-refractivity contribution in [2.45, 2.75) is 39.2 Å². The van der Waals surface area contributed by atoms with Crippen LogP contribution in [0.15, 0.2) is 36.5 Å². The number of pyridine rings is 1. The Morgan fingerprint density at radius 3 is 2.55 bits per heavy atom. The molecular weight excluding hydrogens is 403 g/mol. The first-order valence-electron chi connectivity index (χ1n) is 10.1. The fraction of sp³-hybridized carbons (Fsp3) is 0.409. The van der Waals surface area contributed by atoms with Crippen LogP contribution >= 0.6 is 0 Å². The number of carbonyl (C=O) groups excluding carboxylic acids is 2. The molecule has 1 aromatic carbocycles. The third-order valence-electron chi connectivity index (χ3n) is 4.68. The summed E-state index contributed by atoms with van der Waals surface area (Å²) in [6.07, 6.45) is 2.15. The molecule has 3 N–H and O–H groups in total. The number of carbonyl (C=O) groups is 2. The summed E-state index contributed by atoms with van der Waals surface area (Å²) in [5, 5.41) is 2.77. The Morgan fingerprint density at radius 1 is 1.19 bits per heavy atom. The van der Waals surface area contributed by atoms with Crippen LogP contribution in [0, 0.1) is 11.7 Å². The molecule has 2 amide bonds. The highest BCUT2D eigenvalue weighted by molar-refractivity contribution is 5.92. The molecule has 1 aromatic heterocycles. The quantitative estimate of drug-likeness (QED) is 0.705. The molecule has 2 aromatic rings. The van der Waals surface area contributed by atoms with Gasteiger partial charge in [-0.2, -0.15) is 0 Å². The van der Waals surface area contributed by atoms with Crippen molar-refractivity contribution in [1.29, 1.82) is 0 Å². The maximum atomic E-state index is 13.9. The van der Waals surface area contributed by atoms with Gasteiger partial charge in [0.25, 0.3) is 0 Å². The summed E-state index contributed by atoms with van der Waals surface area (Å²) in [4.78, 5) is 30.5. The van der Waals surface area contributed by atoms with E-state index in [0.29, 0.717) is 43.2 Å². The van der Waals surface area contributed by atoms with Crippen LogP contribution in [-0.2, 0) is 9.53 Å². The van der Waals surface area contributed by atoms with Crippen LogP contribution < -0.4 is 15.8 Å². The summed E-state index contributed by atoms with van der Waals surface area (Å²) < 4.78 is 24.8. The Hall–Kier alpha value is -3.36. The van der Waals surface area contributed by atoms with Crippen LogP contribution in [0.4, 0.5) is 20.7 Å². The second-order valence-corrected chi connectivity index (χ2v) is 8.40. The topological polar surface area (TPSA) is 107 Å². The van der Waals surface area contributed by atoms with E-state index in [4.69, 9.17) is 15.2 Å². The first-order valence-corrected chi connectivity index (χ1v) is 10.1. The maximum absolute atomic E-state index is 13.9. The van der Waals surface area contributed by atoms with Gasteiger partial charge in [0.05, 0.1) is 0 Å². The normalized spacial score (nSPS) is 14.8. The van der Waals surface area contributed by atoms with Crippen LogP contribution in [0.1, 0.15) is 33.6 Å². The van der Waals surface area contributed by atoms with Crippen LogP contribution in [0.3, 0.4) is 0 Å². The highest BCUT2D eigenvalue weighted by Crippen LogP contribution is 2.27. The largest absolute Gasteiger partial charge is 0.454 e. The number of piperidine rings is 1. The van der Waals surface area contributed by atoms with E-state index in [2.05, 4.69) is 10.3 Å². The zero-order chi connectivity index (χ0) is 22.6. The van der Waals surface area contributed by atoms with E-state index in [-0.39, 0.29) is 23.7 Å². The Morgan fingerprint density at radius 2 is 1.90 bits per heavy atom. The van der Waals surface area contributed by atoms with Crippen molar-refractivity contribution < 1.29 is 23.5 Å². The first-order chi connectivity index (χ1) is 14.6. The minimum Gasteiger partial charge on any atom is -0.454 e. The monoisotopic (exact) mass is 430 g/mol. The van der Waals surface area contributed by atoms with Gasteiger partial charge in [-0.15, -0.1) is 0 Å². The summed E-state index contributed by atoms with van der Waals surface area (Å²) >= 11 is 0. The van der Waals surface area contributed by atoms with Gasteiger partial charge >= 0.3 is 6.09 Å². The molecule has 0 saturated carbocycles. The summed E-state index contributed by atoms with van der Waals surface area (Å²) in [5.41, 5.74) is 5.28. The number of rotatable bonds is 4. The molecule has 8 nitrogen and oxygen atoms in total. The molecule has 9 heteroatoms. The lowest BCUT2D eigenvalue weighted by molar-refractivity contribution is -0.121. The van der Waals surface area contributed by atoms with Crippen molar-refractivity contribution in [2.75, 3.05) is 24.1 Å². The maximum Gasteiger partial charge on any atom is 0.410 e. The molecule has 3 rings (SSSR count). The fourth-order valence-corrected chi connectivity index (χ4v) is 3.15. The third kappa shape index (κ3) is 6.31. The molecule has 0 atom stereocenters. The number of benzene rings is 1. The molecule has 0 bridgehead atoms. The molecular formula is C22H27FN4O4. The Balaban J connectivity index is 1.55. The zero-order valence-corrected chi connectivity index (χ0v) is 17.9. The smallest absolute Gasteiger partial charge is 0.410 e. The van der Waals surface area contributed by atoms with E-state index in [1.807, 2.05) is 20.8 Å². The number of nitrogen functional groups attached to an aromatic ring is 1. The van der Waals surface area contributed by atoms with Crippen LogP contribution in [0.2, 0.25) is 0 Å². The van der Waals surface area contributed by atoms with Gasteiger partial charge in [0.15, 0.2) is 11.6 Å². The van der Waals surface area contributed by atoms with E-state index in [9.17, 15) is 14.0 Å². The second kappa shape index (κ2) is 9.20. The van der Waals surface area contributed by atoms with Crippen LogP contribution in [0.25, 0.3) is 0 Å². The summed E-state index contributed by atoms with van der Waals surface area (Å²) in [6, 6.07) is 7.21. The van der Waals surface area contributed by atoms with Gasteiger partial charge < -0.3 is 25.4 Å². The first kappa shape index (κ1) is 22.3. The van der Waals surface area contributed by atoms with Crippen molar-refractivity contribution in [3.8, 4) is 11.5 Å². The summed E-state index contributed by atoms with van der Waals surface area (Å²) in [6.45, 7) is 6.34. The number of hydrogen-bond acceptors (Lipinski definition) is 6.